The molecule has 0 bridgehead atoms. The lowest BCUT2D eigenvalue weighted by Crippen LogP contribution is -2.40. The lowest BCUT2D eigenvalue weighted by Gasteiger charge is -2.29. The molecular weight excluding hydrogens is 216 g/mol. The van der Waals surface area contributed by atoms with Crippen molar-refractivity contribution in [2.75, 3.05) is 13.1 Å². The minimum absolute atomic E-state index is 0.00830. The van der Waals surface area contributed by atoms with E-state index in [1.165, 1.54) is 0 Å². The first-order chi connectivity index (χ1) is 8.19. The number of amides is 1. The van der Waals surface area contributed by atoms with Gasteiger partial charge >= 0.3 is 0 Å². The van der Waals surface area contributed by atoms with Gasteiger partial charge in [0.1, 0.15) is 11.5 Å². The van der Waals surface area contributed by atoms with Gasteiger partial charge < -0.3 is 9.32 Å². The molecule has 0 aromatic carbocycles. The van der Waals surface area contributed by atoms with Gasteiger partial charge in [-0.2, -0.15) is 5.26 Å². The first kappa shape index (κ1) is 11.7. The largest absolute Gasteiger partial charge is 0.466 e. The van der Waals surface area contributed by atoms with Gasteiger partial charge in [0.2, 0.25) is 5.91 Å². The third-order valence-electron chi connectivity index (χ3n) is 3.11. The van der Waals surface area contributed by atoms with Crippen molar-refractivity contribution in [3.63, 3.8) is 0 Å². The zero-order valence-electron chi connectivity index (χ0n) is 9.98. The standard InChI is InChI=1S/C13H16N2O2/c1-10-2-4-12(17-10)6-7-15-9-11(8-14)3-5-13(15)16/h2,4,11H,3,5-7,9H2,1H3. The van der Waals surface area contributed by atoms with Crippen molar-refractivity contribution in [2.45, 2.75) is 26.2 Å². The summed E-state index contributed by atoms with van der Waals surface area (Å²) >= 11 is 0. The molecule has 17 heavy (non-hydrogen) atoms. The fourth-order valence-electron chi connectivity index (χ4n) is 2.10. The Labute approximate surface area is 101 Å². The molecule has 0 N–H and O–H groups in total. The van der Waals surface area contributed by atoms with Crippen LogP contribution in [0.25, 0.3) is 0 Å². The molecular formula is C13H16N2O2. The van der Waals surface area contributed by atoms with Crippen molar-refractivity contribution in [1.29, 1.82) is 5.26 Å². The minimum atomic E-state index is -0.00830. The van der Waals surface area contributed by atoms with E-state index in [1.807, 2.05) is 19.1 Å². The average Bonchev–Trinajstić information content (AvgIpc) is 2.74. The van der Waals surface area contributed by atoms with Crippen molar-refractivity contribution < 1.29 is 9.21 Å². The molecule has 1 aliphatic heterocycles. The van der Waals surface area contributed by atoms with Crippen LogP contribution in [-0.4, -0.2) is 23.9 Å². The van der Waals surface area contributed by atoms with Crippen molar-refractivity contribution in [3.05, 3.63) is 23.7 Å². The molecule has 4 nitrogen and oxygen atoms in total. The summed E-state index contributed by atoms with van der Waals surface area (Å²) < 4.78 is 5.46. The maximum absolute atomic E-state index is 11.7. The molecule has 90 valence electrons. The summed E-state index contributed by atoms with van der Waals surface area (Å²) in [7, 11) is 0. The molecule has 1 aromatic heterocycles. The van der Waals surface area contributed by atoms with Crippen LogP contribution < -0.4 is 0 Å². The quantitative estimate of drug-likeness (QED) is 0.799. The fraction of sp³-hybridized carbons (Fsp3) is 0.538. The Morgan fingerprint density at radius 3 is 3.06 bits per heavy atom. The number of carbonyl (C=O) groups is 1. The van der Waals surface area contributed by atoms with Gasteiger partial charge in [0, 0.05) is 25.9 Å². The monoisotopic (exact) mass is 232 g/mol. The molecule has 2 rings (SSSR count). The highest BCUT2D eigenvalue weighted by Crippen LogP contribution is 2.17. The van der Waals surface area contributed by atoms with Crippen LogP contribution in [0.2, 0.25) is 0 Å². The summed E-state index contributed by atoms with van der Waals surface area (Å²) in [5.41, 5.74) is 0. The lowest BCUT2D eigenvalue weighted by molar-refractivity contribution is -0.134. The number of nitriles is 1. The van der Waals surface area contributed by atoms with Crippen LogP contribution in [0.15, 0.2) is 16.5 Å². The minimum Gasteiger partial charge on any atom is -0.466 e. The van der Waals surface area contributed by atoms with E-state index in [4.69, 9.17) is 9.68 Å². The zero-order valence-corrected chi connectivity index (χ0v) is 9.98. The first-order valence-electron chi connectivity index (χ1n) is 5.92. The number of aryl methyl sites for hydroxylation is 1. The van der Waals surface area contributed by atoms with E-state index < -0.39 is 0 Å². The van der Waals surface area contributed by atoms with Crippen molar-refractivity contribution in [3.8, 4) is 6.07 Å². The van der Waals surface area contributed by atoms with Gasteiger partial charge in [-0.25, -0.2) is 0 Å². The van der Waals surface area contributed by atoms with E-state index in [0.717, 1.165) is 17.9 Å². The third-order valence-corrected chi connectivity index (χ3v) is 3.11. The SMILES string of the molecule is Cc1ccc(CCN2CC(C#N)CCC2=O)o1. The van der Waals surface area contributed by atoms with Gasteiger partial charge in [0.15, 0.2) is 0 Å². The van der Waals surface area contributed by atoms with Gasteiger partial charge in [0.05, 0.1) is 12.0 Å². The summed E-state index contributed by atoms with van der Waals surface area (Å²) in [6.45, 7) is 3.11. The second kappa shape index (κ2) is 5.05. The Morgan fingerprint density at radius 2 is 2.41 bits per heavy atom. The topological polar surface area (TPSA) is 57.2 Å². The van der Waals surface area contributed by atoms with Crippen LogP contribution in [0.3, 0.4) is 0 Å². The van der Waals surface area contributed by atoms with E-state index in [0.29, 0.717) is 25.9 Å². The Kier molecular flexibility index (Phi) is 3.48. The van der Waals surface area contributed by atoms with Crippen LogP contribution in [-0.2, 0) is 11.2 Å². The average molecular weight is 232 g/mol. The number of carbonyl (C=O) groups excluding carboxylic acids is 1. The number of nitrogens with zero attached hydrogens (tertiary/aromatic N) is 2. The number of hydrogen-bond acceptors (Lipinski definition) is 3. The van der Waals surface area contributed by atoms with Crippen LogP contribution >= 0.6 is 0 Å². The normalized spacial score (nSPS) is 20.4. The molecule has 1 saturated heterocycles. The second-order valence-corrected chi connectivity index (χ2v) is 4.47. The smallest absolute Gasteiger partial charge is 0.222 e. The van der Waals surface area contributed by atoms with Crippen molar-refractivity contribution in [1.82, 2.24) is 4.90 Å². The molecule has 1 fully saturated rings. The van der Waals surface area contributed by atoms with Crippen LogP contribution in [0.4, 0.5) is 0 Å². The Morgan fingerprint density at radius 1 is 1.59 bits per heavy atom. The number of furan rings is 1. The number of likely N-dealkylation sites (tertiary alicyclic amines) is 1. The maximum atomic E-state index is 11.7. The van der Waals surface area contributed by atoms with E-state index >= 15 is 0 Å². The molecule has 1 aromatic rings. The van der Waals surface area contributed by atoms with Gasteiger partial charge in [-0.15, -0.1) is 0 Å². The van der Waals surface area contributed by atoms with Crippen LogP contribution in [0.5, 0.6) is 0 Å². The highest BCUT2D eigenvalue weighted by Gasteiger charge is 2.25. The summed E-state index contributed by atoms with van der Waals surface area (Å²) in [4.78, 5) is 13.4. The number of rotatable bonds is 3. The predicted octanol–water partition coefficient (Wildman–Crippen LogP) is 1.89. The molecule has 2 heterocycles. The van der Waals surface area contributed by atoms with E-state index in [-0.39, 0.29) is 11.8 Å². The maximum Gasteiger partial charge on any atom is 0.222 e. The third kappa shape index (κ3) is 2.88. The van der Waals surface area contributed by atoms with E-state index in [2.05, 4.69) is 6.07 Å². The Bertz CT molecular complexity index is 445. The number of piperidine rings is 1. The molecule has 4 heteroatoms. The Balaban J connectivity index is 1.89. The molecule has 1 unspecified atom stereocenters. The molecule has 1 aliphatic rings. The molecule has 0 spiro atoms. The second-order valence-electron chi connectivity index (χ2n) is 4.47. The van der Waals surface area contributed by atoms with Gasteiger partial charge in [-0.3, -0.25) is 4.79 Å². The lowest BCUT2D eigenvalue weighted by atomic mass is 9.99. The summed E-state index contributed by atoms with van der Waals surface area (Å²) in [6, 6.07) is 6.10. The molecule has 0 aliphatic carbocycles. The van der Waals surface area contributed by atoms with Crippen molar-refractivity contribution in [2.24, 2.45) is 5.92 Å². The fourth-order valence-corrected chi connectivity index (χ4v) is 2.10. The van der Waals surface area contributed by atoms with Gasteiger partial charge in [-0.05, 0) is 25.5 Å². The van der Waals surface area contributed by atoms with Crippen LogP contribution in [0, 0.1) is 24.2 Å². The van der Waals surface area contributed by atoms with Crippen molar-refractivity contribution >= 4 is 5.91 Å². The van der Waals surface area contributed by atoms with Crippen LogP contribution in [0.1, 0.15) is 24.4 Å². The van der Waals surface area contributed by atoms with E-state index in [1.54, 1.807) is 4.90 Å². The summed E-state index contributed by atoms with van der Waals surface area (Å²) in [5, 5.41) is 8.88. The Hall–Kier alpha value is -1.76. The molecule has 0 radical (unpaired) electrons. The van der Waals surface area contributed by atoms with Gasteiger partial charge in [0.25, 0.3) is 0 Å². The predicted molar refractivity (Wildman–Crippen MR) is 62.1 cm³/mol. The molecule has 1 amide bonds. The number of hydrogen-bond donors (Lipinski definition) is 0. The molecule has 0 saturated carbocycles. The first-order valence-corrected chi connectivity index (χ1v) is 5.92. The summed E-state index contributed by atoms with van der Waals surface area (Å²) in [5.74, 6) is 1.93. The molecule has 1 atom stereocenters. The zero-order chi connectivity index (χ0) is 12.3. The summed E-state index contributed by atoms with van der Waals surface area (Å²) in [6.07, 6.45) is 1.92. The highest BCUT2D eigenvalue weighted by molar-refractivity contribution is 5.77. The highest BCUT2D eigenvalue weighted by atomic mass is 16.3. The van der Waals surface area contributed by atoms with Gasteiger partial charge in [-0.1, -0.05) is 0 Å². The van der Waals surface area contributed by atoms with E-state index in [9.17, 15) is 4.79 Å².